The number of benzene rings is 1. The number of halogens is 5. The van der Waals surface area contributed by atoms with E-state index in [-0.39, 0.29) is 35.0 Å². The number of hydrogen-bond acceptors (Lipinski definition) is 3. The first-order valence-electron chi connectivity index (χ1n) is 10.3. The van der Waals surface area contributed by atoms with E-state index in [0.29, 0.717) is 5.56 Å². The van der Waals surface area contributed by atoms with Crippen LogP contribution in [0.4, 0.5) is 23.4 Å². The van der Waals surface area contributed by atoms with Crippen molar-refractivity contribution in [3.63, 3.8) is 0 Å². The fraction of sp³-hybridized carbons (Fsp3) is 0.524. The number of hydrogen-bond donors (Lipinski definition) is 1. The Morgan fingerprint density at radius 1 is 1.16 bits per heavy atom. The molecule has 1 saturated heterocycles. The van der Waals surface area contributed by atoms with Gasteiger partial charge in [0.15, 0.2) is 11.7 Å². The molecule has 0 bridgehead atoms. The predicted molar refractivity (Wildman–Crippen MR) is 109 cm³/mol. The third-order valence-electron chi connectivity index (χ3n) is 6.20. The number of anilines is 1. The molecule has 1 aromatic carbocycles. The molecular formula is C21H23ClF4N4O. The molecule has 0 spiro atoms. The lowest BCUT2D eigenvalue weighted by atomic mass is 9.96. The summed E-state index contributed by atoms with van der Waals surface area (Å²) in [7, 11) is 0. The number of carbonyl (C=O) groups is 1. The van der Waals surface area contributed by atoms with Crippen LogP contribution in [-0.2, 0) is 0 Å². The molecule has 3 heterocycles. The lowest BCUT2D eigenvalue weighted by molar-refractivity contribution is -0.173. The van der Waals surface area contributed by atoms with Gasteiger partial charge in [-0.1, -0.05) is 23.7 Å². The van der Waals surface area contributed by atoms with Crippen molar-refractivity contribution in [2.24, 2.45) is 0 Å². The molecule has 2 aromatic rings. The second-order valence-corrected chi connectivity index (χ2v) is 8.72. The van der Waals surface area contributed by atoms with Gasteiger partial charge in [0.25, 0.3) is 5.91 Å². The van der Waals surface area contributed by atoms with Gasteiger partial charge in [-0.2, -0.15) is 18.3 Å². The summed E-state index contributed by atoms with van der Waals surface area (Å²) in [5.41, 5.74) is 0.309. The lowest BCUT2D eigenvalue weighted by Crippen LogP contribution is -2.47. The quantitative estimate of drug-likeness (QED) is 0.584. The minimum atomic E-state index is -4.60. The van der Waals surface area contributed by atoms with Gasteiger partial charge < -0.3 is 10.2 Å². The maximum absolute atomic E-state index is 13.9. The van der Waals surface area contributed by atoms with Crippen LogP contribution in [0.25, 0.3) is 0 Å². The Morgan fingerprint density at radius 2 is 1.77 bits per heavy atom. The number of nitrogens with zero attached hydrogens (tertiary/aromatic N) is 3. The Kier molecular flexibility index (Phi) is 5.66. The number of likely N-dealkylation sites (tertiary alicyclic amines) is 1. The molecule has 0 saturated carbocycles. The van der Waals surface area contributed by atoms with Gasteiger partial charge in [0.2, 0.25) is 0 Å². The molecule has 31 heavy (non-hydrogen) atoms. The number of fused-ring (bicyclic) bond motifs is 1. The van der Waals surface area contributed by atoms with Crippen molar-refractivity contribution >= 4 is 23.3 Å². The number of nitrogens with one attached hydrogen (secondary N) is 1. The number of amides is 1. The molecule has 0 aliphatic carbocycles. The van der Waals surface area contributed by atoms with Crippen molar-refractivity contribution in [3.8, 4) is 0 Å². The zero-order valence-corrected chi connectivity index (χ0v) is 17.8. The maximum Gasteiger partial charge on any atom is 0.410 e. The van der Waals surface area contributed by atoms with Crippen molar-refractivity contribution in [1.29, 1.82) is 0 Å². The summed E-state index contributed by atoms with van der Waals surface area (Å²) < 4.78 is 55.8. The number of piperidine rings is 1. The number of rotatable bonds is 2. The smallest absolute Gasteiger partial charge is 0.362 e. The third-order valence-corrected chi connectivity index (χ3v) is 6.56. The van der Waals surface area contributed by atoms with Gasteiger partial charge in [0.05, 0.1) is 6.04 Å². The monoisotopic (exact) mass is 458 g/mol. The summed E-state index contributed by atoms with van der Waals surface area (Å²) in [6, 6.07) is 2.43. The summed E-state index contributed by atoms with van der Waals surface area (Å²) in [5, 5.41) is 6.89. The molecule has 2 aliphatic heterocycles. The Bertz CT molecular complexity index is 965. The number of aromatic nitrogens is 2. The van der Waals surface area contributed by atoms with Crippen LogP contribution in [0.5, 0.6) is 0 Å². The Balaban J connectivity index is 1.74. The minimum Gasteiger partial charge on any atom is -0.362 e. The van der Waals surface area contributed by atoms with Crippen molar-refractivity contribution in [2.75, 3.05) is 5.32 Å². The molecule has 1 aromatic heterocycles. The third kappa shape index (κ3) is 4.00. The van der Waals surface area contributed by atoms with Gasteiger partial charge in [-0.15, -0.1) is 0 Å². The number of carbonyl (C=O) groups excluding carboxylic acids is 1. The van der Waals surface area contributed by atoms with Crippen LogP contribution in [0.2, 0.25) is 5.02 Å². The van der Waals surface area contributed by atoms with E-state index in [1.54, 1.807) is 4.90 Å². The van der Waals surface area contributed by atoms with Crippen molar-refractivity contribution < 1.29 is 22.4 Å². The molecule has 0 radical (unpaired) electrons. The van der Waals surface area contributed by atoms with E-state index in [1.165, 1.54) is 24.3 Å². The summed E-state index contributed by atoms with van der Waals surface area (Å²) >= 11 is 6.42. The molecule has 1 amide bonds. The second-order valence-electron chi connectivity index (χ2n) is 8.34. The van der Waals surface area contributed by atoms with E-state index in [2.05, 4.69) is 10.4 Å². The summed E-state index contributed by atoms with van der Waals surface area (Å²) in [6.07, 6.45) is -2.34. The largest absolute Gasteiger partial charge is 0.410 e. The van der Waals surface area contributed by atoms with E-state index >= 15 is 0 Å². The molecule has 4 atom stereocenters. The molecule has 168 valence electrons. The highest BCUT2D eigenvalue weighted by Crippen LogP contribution is 2.46. The van der Waals surface area contributed by atoms with Gasteiger partial charge in [-0.3, -0.25) is 4.79 Å². The Morgan fingerprint density at radius 3 is 2.35 bits per heavy atom. The normalized spacial score (nSPS) is 26.4. The molecule has 10 heteroatoms. The van der Waals surface area contributed by atoms with Crippen LogP contribution >= 0.6 is 11.6 Å². The van der Waals surface area contributed by atoms with Gasteiger partial charge >= 0.3 is 6.18 Å². The summed E-state index contributed by atoms with van der Waals surface area (Å²) in [5.74, 6) is -0.995. The topological polar surface area (TPSA) is 50.2 Å². The fourth-order valence-electron chi connectivity index (χ4n) is 4.58. The minimum absolute atomic E-state index is 0.0507. The van der Waals surface area contributed by atoms with E-state index < -0.39 is 30.0 Å². The van der Waals surface area contributed by atoms with Crippen LogP contribution in [0.15, 0.2) is 24.3 Å². The Hall–Kier alpha value is -2.29. The average Bonchev–Trinajstić information content (AvgIpc) is 3.03. The molecule has 2 aliphatic rings. The Labute approximate surface area is 182 Å². The highest BCUT2D eigenvalue weighted by atomic mass is 35.5. The van der Waals surface area contributed by atoms with E-state index in [1.807, 2.05) is 13.8 Å². The molecule has 0 unspecified atom stereocenters. The van der Waals surface area contributed by atoms with Crippen LogP contribution in [0.1, 0.15) is 67.7 Å². The first kappa shape index (κ1) is 21.9. The van der Waals surface area contributed by atoms with Crippen LogP contribution in [0, 0.1) is 5.82 Å². The predicted octanol–water partition coefficient (Wildman–Crippen LogP) is 5.74. The van der Waals surface area contributed by atoms with E-state index in [9.17, 15) is 22.4 Å². The van der Waals surface area contributed by atoms with E-state index in [0.717, 1.165) is 23.9 Å². The molecule has 5 nitrogen and oxygen atoms in total. The first-order chi connectivity index (χ1) is 14.6. The van der Waals surface area contributed by atoms with Crippen molar-refractivity contribution in [1.82, 2.24) is 14.7 Å². The van der Waals surface area contributed by atoms with Gasteiger partial charge in [0.1, 0.15) is 16.7 Å². The second kappa shape index (κ2) is 8.00. The van der Waals surface area contributed by atoms with E-state index in [4.69, 9.17) is 11.6 Å². The van der Waals surface area contributed by atoms with Crippen LogP contribution in [0.3, 0.4) is 0 Å². The van der Waals surface area contributed by atoms with Crippen LogP contribution < -0.4 is 5.32 Å². The zero-order valence-electron chi connectivity index (χ0n) is 17.1. The molecule has 1 N–H and O–H groups in total. The fourth-order valence-corrected chi connectivity index (χ4v) is 4.84. The standard InChI is InChI=1S/C21H23ClF4N4O/c1-11-4-3-5-12(2)29(11)20(31)18-17(22)19-27-15(13-6-8-14(23)9-7-13)10-16(21(24,25)26)30(19)28-18/h6-9,11-12,15-16,27H,3-5,10H2,1-2H3/t11-,12+,15-,16-/m1/s1. The zero-order chi connectivity index (χ0) is 22.5. The van der Waals surface area contributed by atoms with Crippen molar-refractivity contribution in [3.05, 3.63) is 46.4 Å². The maximum atomic E-state index is 13.9. The summed E-state index contributed by atoms with van der Waals surface area (Å²) in [4.78, 5) is 14.9. The van der Waals surface area contributed by atoms with Crippen LogP contribution in [-0.4, -0.2) is 38.8 Å². The summed E-state index contributed by atoms with van der Waals surface area (Å²) in [6.45, 7) is 3.83. The average molecular weight is 459 g/mol. The SMILES string of the molecule is C[C@@H]1CCC[C@H](C)N1C(=O)c1nn2c(c1Cl)N[C@@H](c1ccc(F)cc1)C[C@@H]2C(F)(F)F. The number of alkyl halides is 3. The van der Waals surface area contributed by atoms with Gasteiger partial charge in [-0.05, 0) is 50.8 Å². The van der Waals surface area contributed by atoms with Crippen molar-refractivity contribution in [2.45, 2.75) is 69.9 Å². The molecule has 1 fully saturated rings. The highest BCUT2D eigenvalue weighted by molar-refractivity contribution is 6.36. The highest BCUT2D eigenvalue weighted by Gasteiger charge is 2.48. The molecule has 4 rings (SSSR count). The van der Waals surface area contributed by atoms with Gasteiger partial charge in [-0.25, -0.2) is 9.07 Å². The molecular weight excluding hydrogens is 436 g/mol. The first-order valence-corrected chi connectivity index (χ1v) is 10.6. The van der Waals surface area contributed by atoms with Gasteiger partial charge in [0, 0.05) is 18.5 Å². The lowest BCUT2D eigenvalue weighted by Gasteiger charge is -2.38.